The quantitative estimate of drug-likeness (QED) is 0.0418. The van der Waals surface area contributed by atoms with Crippen LogP contribution in [0.25, 0.3) is 0 Å². The molecular weight excluding hydrogens is 783 g/mol. The van der Waals surface area contributed by atoms with Crippen LogP contribution in [0.5, 0.6) is 0 Å². The lowest BCUT2D eigenvalue weighted by Crippen LogP contribution is -2.57. The number of hydrogen-bond donors (Lipinski definition) is 6. The molecule has 4 atom stereocenters. The Labute approximate surface area is 345 Å². The predicted octanol–water partition coefficient (Wildman–Crippen LogP) is 2.72. The van der Waals surface area contributed by atoms with Crippen LogP contribution < -0.4 is 31.7 Å². The summed E-state index contributed by atoms with van der Waals surface area (Å²) >= 11 is 0. The first-order chi connectivity index (χ1) is 27.8. The molecule has 3 rings (SSSR count). The Hall–Kier alpha value is -6.01. The summed E-state index contributed by atoms with van der Waals surface area (Å²) in [5.41, 5.74) is 7.45. The van der Waals surface area contributed by atoms with Crippen LogP contribution in [-0.2, 0) is 56.6 Å². The van der Waals surface area contributed by atoms with Gasteiger partial charge in [0, 0.05) is 6.54 Å². The molecule has 0 unspecified atom stereocenters. The summed E-state index contributed by atoms with van der Waals surface area (Å²) in [6.07, 6.45) is -0.793. The first kappa shape index (κ1) is 47.4. The number of amides is 4. The predicted molar refractivity (Wildman–Crippen MR) is 220 cm³/mol. The van der Waals surface area contributed by atoms with Gasteiger partial charge in [-0.25, -0.2) is 22.7 Å². The maximum atomic E-state index is 13.5. The van der Waals surface area contributed by atoms with Crippen molar-refractivity contribution in [3.8, 4) is 0 Å². The summed E-state index contributed by atoms with van der Waals surface area (Å²) in [7, 11) is -4.01. The van der Waals surface area contributed by atoms with Gasteiger partial charge in [-0.3, -0.25) is 19.4 Å². The number of esters is 1. The molecule has 0 bridgehead atoms. The van der Waals surface area contributed by atoms with E-state index >= 15 is 0 Å². The third-order valence-electron chi connectivity index (χ3n) is 8.23. The van der Waals surface area contributed by atoms with Gasteiger partial charge in [-0.1, -0.05) is 78.4 Å². The van der Waals surface area contributed by atoms with Crippen LogP contribution in [-0.4, -0.2) is 87.1 Å². The number of benzene rings is 3. The summed E-state index contributed by atoms with van der Waals surface area (Å²) in [5, 5.41) is 10.2. The average molecular weight is 838 g/mol. The minimum atomic E-state index is -4.01. The summed E-state index contributed by atoms with van der Waals surface area (Å²) < 4.78 is 44.0. The van der Waals surface area contributed by atoms with Crippen molar-refractivity contribution in [3.05, 3.63) is 102 Å². The van der Waals surface area contributed by atoms with E-state index in [2.05, 4.69) is 31.0 Å². The highest BCUT2D eigenvalue weighted by atomic mass is 32.2. The molecule has 0 heterocycles. The normalized spacial score (nSPS) is 13.8. The fraction of sp³-hybridized carbons (Fsp3) is 0.415. The van der Waals surface area contributed by atoms with E-state index in [1.54, 1.807) is 57.2 Å². The van der Waals surface area contributed by atoms with Crippen LogP contribution in [0.3, 0.4) is 0 Å². The largest absolute Gasteiger partial charge is 0.459 e. The van der Waals surface area contributed by atoms with E-state index in [9.17, 15) is 32.4 Å². The van der Waals surface area contributed by atoms with Gasteiger partial charge in [0.1, 0.15) is 36.4 Å². The molecule has 0 aliphatic rings. The molecule has 0 saturated carbocycles. The Balaban J connectivity index is 1.69. The lowest BCUT2D eigenvalue weighted by atomic mass is 10.1. The Bertz CT molecular complexity index is 1990. The van der Waals surface area contributed by atoms with Crippen LogP contribution in [0, 0.1) is 6.92 Å². The molecule has 320 valence electrons. The molecule has 0 radical (unpaired) electrons. The van der Waals surface area contributed by atoms with Gasteiger partial charge in [-0.2, -0.15) is 0 Å². The monoisotopic (exact) mass is 837 g/mol. The molecule has 17 nitrogen and oxygen atoms in total. The van der Waals surface area contributed by atoms with E-state index < -0.39 is 69.6 Å². The van der Waals surface area contributed by atoms with E-state index in [0.717, 1.165) is 16.7 Å². The number of aliphatic imine (C=N–C) groups is 1. The second-order valence-electron chi connectivity index (χ2n) is 14.6. The zero-order chi connectivity index (χ0) is 43.6. The summed E-state index contributed by atoms with van der Waals surface area (Å²) in [6, 6.07) is 19.4. The number of rotatable bonds is 20. The van der Waals surface area contributed by atoms with Crippen LogP contribution in [0.1, 0.15) is 64.2 Å². The number of carbonyl (C=O) groups is 5. The third-order valence-corrected chi connectivity index (χ3v) is 9.60. The number of guanidine groups is 1. The molecular formula is C41H55N7O10S. The van der Waals surface area contributed by atoms with Crippen molar-refractivity contribution in [2.45, 2.75) is 102 Å². The molecule has 3 aromatic carbocycles. The van der Waals surface area contributed by atoms with Crippen LogP contribution in [0.4, 0.5) is 4.79 Å². The van der Waals surface area contributed by atoms with Gasteiger partial charge in [0.05, 0.1) is 18.1 Å². The molecule has 4 amide bonds. The van der Waals surface area contributed by atoms with Gasteiger partial charge in [-0.05, 0) is 77.6 Å². The second-order valence-corrected chi connectivity index (χ2v) is 16.3. The van der Waals surface area contributed by atoms with Crippen LogP contribution in [0.15, 0.2) is 94.8 Å². The highest BCUT2D eigenvalue weighted by Gasteiger charge is 2.30. The third kappa shape index (κ3) is 17.6. The van der Waals surface area contributed by atoms with E-state index in [-0.39, 0.29) is 50.1 Å². The first-order valence-corrected chi connectivity index (χ1v) is 20.4. The Morgan fingerprint density at radius 2 is 1.29 bits per heavy atom. The SMILES string of the molecule is Cc1ccc(S(=O)(=O)NC(N)=NCCC[C@H](NC(=O)[C@@H](C)NC(=O)[C@H](COCc2ccccc2)NC(=O)OC(C)(C)C)C(=O)N[C@H](C)C(=O)OCc2ccccc2)cc1. The number of nitrogens with one attached hydrogen (secondary N) is 5. The number of carbonyl (C=O) groups excluding carboxylic acids is 5. The standard InChI is InChI=1S/C41H55N7O10S/c1-27-19-21-32(22-20-27)59(54,55)48-39(42)43-23-13-18-33(36(50)45-29(3)38(52)57-25-31-16-11-8-12-17-31)46-35(49)28(2)44-37(51)34(47-40(53)58-41(4,5)6)26-56-24-30-14-9-7-10-15-30/h7-12,14-17,19-22,28-29,33-34H,13,18,23-26H2,1-6H3,(H,44,51)(H,45,50)(H,46,49)(H,47,53)(H3,42,43,48)/t28-,29-,33+,34+/m1/s1. The Morgan fingerprint density at radius 3 is 1.88 bits per heavy atom. The summed E-state index contributed by atoms with van der Waals surface area (Å²) in [5.74, 6) is -3.38. The molecule has 0 fully saturated rings. The zero-order valence-electron chi connectivity index (χ0n) is 34.2. The van der Waals surface area contributed by atoms with Gasteiger partial charge in [0.15, 0.2) is 0 Å². The van der Waals surface area contributed by atoms with E-state index in [1.807, 2.05) is 43.3 Å². The smallest absolute Gasteiger partial charge is 0.408 e. The lowest BCUT2D eigenvalue weighted by Gasteiger charge is -2.25. The molecule has 59 heavy (non-hydrogen) atoms. The minimum absolute atomic E-state index is 0.00928. The summed E-state index contributed by atoms with van der Waals surface area (Å²) in [6.45, 7) is 9.42. The fourth-order valence-electron chi connectivity index (χ4n) is 5.11. The van der Waals surface area contributed by atoms with Gasteiger partial charge in [0.2, 0.25) is 23.7 Å². The number of alkyl carbamates (subject to hydrolysis) is 1. The highest BCUT2D eigenvalue weighted by Crippen LogP contribution is 2.11. The number of sulfonamides is 1. The number of ether oxygens (including phenoxy) is 3. The van der Waals surface area contributed by atoms with Crippen molar-refractivity contribution >= 4 is 45.8 Å². The molecule has 18 heteroatoms. The number of nitrogens with two attached hydrogens (primary N) is 1. The summed E-state index contributed by atoms with van der Waals surface area (Å²) in [4.78, 5) is 69.9. The van der Waals surface area contributed by atoms with Gasteiger partial charge < -0.3 is 41.2 Å². The van der Waals surface area contributed by atoms with Crippen molar-refractivity contribution in [2.75, 3.05) is 13.2 Å². The van der Waals surface area contributed by atoms with Crippen molar-refractivity contribution in [3.63, 3.8) is 0 Å². The van der Waals surface area contributed by atoms with Crippen molar-refractivity contribution in [2.24, 2.45) is 10.7 Å². The molecule has 0 aromatic heterocycles. The maximum Gasteiger partial charge on any atom is 0.408 e. The molecule has 0 aliphatic heterocycles. The Kier molecular flexibility index (Phi) is 18.3. The minimum Gasteiger partial charge on any atom is -0.459 e. The molecule has 0 aliphatic carbocycles. The Morgan fingerprint density at radius 1 is 0.729 bits per heavy atom. The zero-order valence-corrected chi connectivity index (χ0v) is 35.0. The van der Waals surface area contributed by atoms with Crippen molar-refractivity contribution < 1.29 is 46.6 Å². The average Bonchev–Trinajstić information content (AvgIpc) is 3.17. The van der Waals surface area contributed by atoms with Crippen LogP contribution >= 0.6 is 0 Å². The van der Waals surface area contributed by atoms with E-state index in [0.29, 0.717) is 0 Å². The van der Waals surface area contributed by atoms with Gasteiger partial charge in [0.25, 0.3) is 10.0 Å². The van der Waals surface area contributed by atoms with Gasteiger partial charge in [-0.15, -0.1) is 0 Å². The van der Waals surface area contributed by atoms with E-state index in [4.69, 9.17) is 19.9 Å². The second kappa shape index (κ2) is 22.8. The van der Waals surface area contributed by atoms with Crippen molar-refractivity contribution in [1.82, 2.24) is 26.0 Å². The van der Waals surface area contributed by atoms with Crippen molar-refractivity contribution in [1.29, 1.82) is 0 Å². The van der Waals surface area contributed by atoms with E-state index in [1.165, 1.54) is 26.0 Å². The van der Waals surface area contributed by atoms with Gasteiger partial charge >= 0.3 is 12.1 Å². The number of nitrogens with zero attached hydrogens (tertiary/aromatic N) is 1. The fourth-order valence-corrected chi connectivity index (χ4v) is 6.07. The number of aryl methyl sites for hydroxylation is 1. The molecule has 7 N–H and O–H groups in total. The lowest BCUT2D eigenvalue weighted by molar-refractivity contribution is -0.148. The molecule has 0 spiro atoms. The highest BCUT2D eigenvalue weighted by molar-refractivity contribution is 7.90. The molecule has 3 aromatic rings. The molecule has 0 saturated heterocycles. The maximum absolute atomic E-state index is 13.5. The topological polar surface area (TPSA) is 246 Å². The van der Waals surface area contributed by atoms with Crippen LogP contribution in [0.2, 0.25) is 0 Å². The first-order valence-electron chi connectivity index (χ1n) is 18.9. The number of hydrogen-bond acceptors (Lipinski definition) is 11.